The number of methoxy groups -OCH3 is 2. The Hall–Kier alpha value is -2.56. The van der Waals surface area contributed by atoms with Gasteiger partial charge in [-0.15, -0.1) is 0 Å². The zero-order chi connectivity index (χ0) is 15.2. The van der Waals surface area contributed by atoms with E-state index in [4.69, 9.17) is 9.47 Å². The summed E-state index contributed by atoms with van der Waals surface area (Å²) in [7, 11) is 3.04. The second-order valence-corrected chi connectivity index (χ2v) is 4.38. The van der Waals surface area contributed by atoms with Crippen LogP contribution in [0.4, 0.5) is 4.39 Å². The summed E-state index contributed by atoms with van der Waals surface area (Å²) >= 11 is 0. The van der Waals surface area contributed by atoms with Crippen molar-refractivity contribution in [3.8, 4) is 11.5 Å². The standard InChI is InChI=1S/C16H16FNO3/c1-20-13-7-8-14(15(9-13)21-2)16(19)18-10-11-3-5-12(17)6-4-11/h3-9H,10H2,1-2H3,(H,18,19). The molecule has 4 nitrogen and oxygen atoms in total. The van der Waals surface area contributed by atoms with Crippen molar-refractivity contribution in [2.24, 2.45) is 0 Å². The van der Waals surface area contributed by atoms with Crippen LogP contribution in [0.15, 0.2) is 42.5 Å². The van der Waals surface area contributed by atoms with E-state index in [0.29, 0.717) is 23.6 Å². The van der Waals surface area contributed by atoms with Gasteiger partial charge in [-0.2, -0.15) is 0 Å². The van der Waals surface area contributed by atoms with Crippen molar-refractivity contribution in [2.45, 2.75) is 6.54 Å². The van der Waals surface area contributed by atoms with E-state index in [1.54, 1.807) is 37.4 Å². The first kappa shape index (κ1) is 14.8. The minimum atomic E-state index is -0.304. The van der Waals surface area contributed by atoms with Gasteiger partial charge in [0.1, 0.15) is 17.3 Å². The Morgan fingerprint density at radius 2 is 1.81 bits per heavy atom. The Morgan fingerprint density at radius 3 is 2.43 bits per heavy atom. The van der Waals surface area contributed by atoms with E-state index in [1.165, 1.54) is 19.2 Å². The molecule has 5 heteroatoms. The van der Waals surface area contributed by atoms with E-state index < -0.39 is 0 Å². The van der Waals surface area contributed by atoms with Gasteiger partial charge in [-0.05, 0) is 29.8 Å². The van der Waals surface area contributed by atoms with Crippen LogP contribution < -0.4 is 14.8 Å². The van der Waals surface area contributed by atoms with E-state index in [2.05, 4.69) is 5.32 Å². The molecule has 21 heavy (non-hydrogen) atoms. The third-order valence-corrected chi connectivity index (χ3v) is 3.02. The van der Waals surface area contributed by atoms with Gasteiger partial charge >= 0.3 is 0 Å². The van der Waals surface area contributed by atoms with Crippen LogP contribution >= 0.6 is 0 Å². The summed E-state index contributed by atoms with van der Waals surface area (Å²) in [5, 5.41) is 2.76. The molecule has 0 radical (unpaired) electrons. The van der Waals surface area contributed by atoms with Gasteiger partial charge in [0.05, 0.1) is 19.8 Å². The van der Waals surface area contributed by atoms with Crippen LogP contribution in [0.3, 0.4) is 0 Å². The van der Waals surface area contributed by atoms with Gasteiger partial charge in [-0.1, -0.05) is 12.1 Å². The first-order chi connectivity index (χ1) is 10.1. The number of nitrogens with one attached hydrogen (secondary N) is 1. The third kappa shape index (κ3) is 3.72. The molecule has 0 saturated heterocycles. The summed E-state index contributed by atoms with van der Waals surface area (Å²) in [6.07, 6.45) is 0. The van der Waals surface area contributed by atoms with Crippen LogP contribution in [0.25, 0.3) is 0 Å². The van der Waals surface area contributed by atoms with Gasteiger partial charge < -0.3 is 14.8 Å². The van der Waals surface area contributed by atoms with Crippen molar-refractivity contribution in [3.63, 3.8) is 0 Å². The molecule has 0 heterocycles. The molecule has 110 valence electrons. The molecule has 2 aromatic rings. The maximum Gasteiger partial charge on any atom is 0.255 e. The third-order valence-electron chi connectivity index (χ3n) is 3.02. The van der Waals surface area contributed by atoms with Crippen molar-refractivity contribution in [2.75, 3.05) is 14.2 Å². The summed E-state index contributed by atoms with van der Waals surface area (Å²) in [4.78, 5) is 12.2. The highest BCUT2D eigenvalue weighted by atomic mass is 19.1. The van der Waals surface area contributed by atoms with Crippen LogP contribution in [0.5, 0.6) is 11.5 Å². The predicted molar refractivity (Wildman–Crippen MR) is 77.1 cm³/mol. The van der Waals surface area contributed by atoms with Gasteiger partial charge in [0.25, 0.3) is 5.91 Å². The Morgan fingerprint density at radius 1 is 1.10 bits per heavy atom. The van der Waals surface area contributed by atoms with Crippen molar-refractivity contribution in [1.82, 2.24) is 5.32 Å². The van der Waals surface area contributed by atoms with Gasteiger partial charge in [-0.3, -0.25) is 4.79 Å². The second-order valence-electron chi connectivity index (χ2n) is 4.38. The predicted octanol–water partition coefficient (Wildman–Crippen LogP) is 2.77. The molecule has 0 fully saturated rings. The van der Waals surface area contributed by atoms with Crippen molar-refractivity contribution in [3.05, 3.63) is 59.4 Å². The number of amides is 1. The Kier molecular flexibility index (Phi) is 4.77. The highest BCUT2D eigenvalue weighted by Gasteiger charge is 2.12. The van der Waals surface area contributed by atoms with E-state index in [-0.39, 0.29) is 11.7 Å². The smallest absolute Gasteiger partial charge is 0.255 e. The fraction of sp³-hybridized carbons (Fsp3) is 0.188. The number of halogens is 1. The summed E-state index contributed by atoms with van der Waals surface area (Å²) in [6, 6.07) is 10.9. The molecule has 0 spiro atoms. The highest BCUT2D eigenvalue weighted by molar-refractivity contribution is 5.97. The lowest BCUT2D eigenvalue weighted by Crippen LogP contribution is -2.23. The van der Waals surface area contributed by atoms with Crippen LogP contribution in [-0.2, 0) is 6.54 Å². The number of carbonyl (C=O) groups is 1. The quantitative estimate of drug-likeness (QED) is 0.920. The van der Waals surface area contributed by atoms with Crippen molar-refractivity contribution < 1.29 is 18.7 Å². The maximum atomic E-state index is 12.8. The molecule has 0 aliphatic heterocycles. The molecule has 0 aromatic heterocycles. The zero-order valence-electron chi connectivity index (χ0n) is 11.9. The minimum absolute atomic E-state index is 0.265. The largest absolute Gasteiger partial charge is 0.497 e. The fourth-order valence-corrected chi connectivity index (χ4v) is 1.87. The maximum absolute atomic E-state index is 12.8. The van der Waals surface area contributed by atoms with Crippen LogP contribution in [0.1, 0.15) is 15.9 Å². The number of hydrogen-bond acceptors (Lipinski definition) is 3. The summed E-state index contributed by atoms with van der Waals surface area (Å²) in [5.74, 6) is 0.480. The highest BCUT2D eigenvalue weighted by Crippen LogP contribution is 2.24. The van der Waals surface area contributed by atoms with Gasteiger partial charge in [0, 0.05) is 12.6 Å². The summed E-state index contributed by atoms with van der Waals surface area (Å²) in [6.45, 7) is 0.314. The second kappa shape index (κ2) is 6.74. The monoisotopic (exact) mass is 289 g/mol. The van der Waals surface area contributed by atoms with E-state index in [1.807, 2.05) is 0 Å². The number of ether oxygens (including phenoxy) is 2. The number of carbonyl (C=O) groups excluding carboxylic acids is 1. The average molecular weight is 289 g/mol. The lowest BCUT2D eigenvalue weighted by Gasteiger charge is -2.11. The molecule has 1 N–H and O–H groups in total. The molecule has 0 atom stereocenters. The molecular weight excluding hydrogens is 273 g/mol. The molecule has 0 aliphatic carbocycles. The van der Waals surface area contributed by atoms with E-state index in [9.17, 15) is 9.18 Å². The lowest BCUT2D eigenvalue weighted by atomic mass is 10.1. The van der Waals surface area contributed by atoms with Gasteiger partial charge in [0.2, 0.25) is 0 Å². The lowest BCUT2D eigenvalue weighted by molar-refractivity contribution is 0.0948. The Bertz CT molecular complexity index is 626. The molecule has 0 bridgehead atoms. The van der Waals surface area contributed by atoms with Crippen LogP contribution in [-0.4, -0.2) is 20.1 Å². The topological polar surface area (TPSA) is 47.6 Å². The molecule has 2 aromatic carbocycles. The van der Waals surface area contributed by atoms with Gasteiger partial charge in [0.15, 0.2) is 0 Å². The van der Waals surface area contributed by atoms with Crippen molar-refractivity contribution >= 4 is 5.91 Å². The molecular formula is C16H16FNO3. The molecule has 0 aliphatic rings. The van der Waals surface area contributed by atoms with Gasteiger partial charge in [-0.25, -0.2) is 4.39 Å². The molecule has 0 unspecified atom stereocenters. The molecule has 2 rings (SSSR count). The van der Waals surface area contributed by atoms with E-state index >= 15 is 0 Å². The molecule has 0 saturated carbocycles. The summed E-state index contributed by atoms with van der Waals surface area (Å²) < 4.78 is 23.1. The number of benzene rings is 2. The SMILES string of the molecule is COc1ccc(C(=O)NCc2ccc(F)cc2)c(OC)c1. The summed E-state index contributed by atoms with van der Waals surface area (Å²) in [5.41, 5.74) is 1.23. The number of rotatable bonds is 5. The number of hydrogen-bond donors (Lipinski definition) is 1. The minimum Gasteiger partial charge on any atom is -0.497 e. The van der Waals surface area contributed by atoms with Crippen LogP contribution in [0.2, 0.25) is 0 Å². The molecule has 1 amide bonds. The first-order valence-corrected chi connectivity index (χ1v) is 6.38. The Balaban J connectivity index is 2.07. The van der Waals surface area contributed by atoms with Crippen LogP contribution in [0, 0.1) is 5.82 Å². The zero-order valence-corrected chi connectivity index (χ0v) is 11.9. The first-order valence-electron chi connectivity index (χ1n) is 6.38. The fourth-order valence-electron chi connectivity index (χ4n) is 1.87. The Labute approximate surface area is 122 Å². The van der Waals surface area contributed by atoms with E-state index in [0.717, 1.165) is 5.56 Å². The average Bonchev–Trinajstić information content (AvgIpc) is 2.53. The van der Waals surface area contributed by atoms with Crippen molar-refractivity contribution in [1.29, 1.82) is 0 Å². The normalized spacial score (nSPS) is 10.0.